The summed E-state index contributed by atoms with van der Waals surface area (Å²) in [5.41, 5.74) is 1.69. The predicted molar refractivity (Wildman–Crippen MR) is 86.1 cm³/mol. The quantitative estimate of drug-likeness (QED) is 0.921. The number of benzene rings is 1. The highest BCUT2D eigenvalue weighted by molar-refractivity contribution is 7.89. The van der Waals surface area contributed by atoms with Gasteiger partial charge in [0.2, 0.25) is 15.9 Å². The molecule has 1 saturated heterocycles. The predicted octanol–water partition coefficient (Wildman–Crippen LogP) is 1.98. The standard InChI is InChI=1S/C16H24N2O3S/c1-12-7-8-15(13(2)11-12)22(20,21)17-14(3)16(19)18-9-5-4-6-10-18/h7-8,11,14,17H,4-6,9-10H2,1-3H3/t14-/m0/s1. The summed E-state index contributed by atoms with van der Waals surface area (Å²) in [4.78, 5) is 14.3. The Morgan fingerprint density at radius 1 is 1.18 bits per heavy atom. The Balaban J connectivity index is 2.12. The summed E-state index contributed by atoms with van der Waals surface area (Å²) in [5.74, 6) is -0.145. The molecule has 1 amide bonds. The topological polar surface area (TPSA) is 66.5 Å². The number of aryl methyl sites for hydroxylation is 2. The largest absolute Gasteiger partial charge is 0.341 e. The van der Waals surface area contributed by atoms with Crippen LogP contribution in [0.4, 0.5) is 0 Å². The Hall–Kier alpha value is -1.40. The zero-order valence-electron chi connectivity index (χ0n) is 13.4. The number of likely N-dealkylation sites (tertiary alicyclic amines) is 1. The number of piperidine rings is 1. The molecule has 2 rings (SSSR count). The third kappa shape index (κ3) is 3.87. The van der Waals surface area contributed by atoms with Crippen molar-refractivity contribution in [3.05, 3.63) is 29.3 Å². The molecule has 22 heavy (non-hydrogen) atoms. The monoisotopic (exact) mass is 324 g/mol. The van der Waals surface area contributed by atoms with E-state index in [1.54, 1.807) is 30.9 Å². The van der Waals surface area contributed by atoms with Gasteiger partial charge in [0, 0.05) is 13.1 Å². The van der Waals surface area contributed by atoms with E-state index in [-0.39, 0.29) is 10.8 Å². The van der Waals surface area contributed by atoms with E-state index in [9.17, 15) is 13.2 Å². The van der Waals surface area contributed by atoms with E-state index in [0.717, 1.165) is 24.8 Å². The van der Waals surface area contributed by atoms with Crippen LogP contribution in [0.1, 0.15) is 37.3 Å². The highest BCUT2D eigenvalue weighted by Crippen LogP contribution is 2.17. The van der Waals surface area contributed by atoms with Crippen molar-refractivity contribution in [2.24, 2.45) is 0 Å². The van der Waals surface area contributed by atoms with Crippen molar-refractivity contribution in [1.29, 1.82) is 0 Å². The first kappa shape index (κ1) is 17.0. The summed E-state index contributed by atoms with van der Waals surface area (Å²) >= 11 is 0. The van der Waals surface area contributed by atoms with Gasteiger partial charge in [0.25, 0.3) is 0 Å². The van der Waals surface area contributed by atoms with Crippen LogP contribution >= 0.6 is 0 Å². The van der Waals surface area contributed by atoms with Gasteiger partial charge in [-0.15, -0.1) is 0 Å². The first-order valence-electron chi connectivity index (χ1n) is 7.69. The van der Waals surface area contributed by atoms with Crippen molar-refractivity contribution >= 4 is 15.9 Å². The molecule has 0 aliphatic carbocycles. The van der Waals surface area contributed by atoms with E-state index < -0.39 is 16.1 Å². The lowest BCUT2D eigenvalue weighted by Crippen LogP contribution is -2.48. The van der Waals surface area contributed by atoms with E-state index in [4.69, 9.17) is 0 Å². The molecule has 0 radical (unpaired) electrons. The van der Waals surface area contributed by atoms with E-state index in [1.165, 1.54) is 0 Å². The van der Waals surface area contributed by atoms with Gasteiger partial charge in [0.1, 0.15) is 0 Å². The van der Waals surface area contributed by atoms with Crippen LogP contribution in [0.2, 0.25) is 0 Å². The van der Waals surface area contributed by atoms with Crippen molar-refractivity contribution in [2.45, 2.75) is 51.0 Å². The van der Waals surface area contributed by atoms with Gasteiger partial charge in [-0.3, -0.25) is 4.79 Å². The number of carbonyl (C=O) groups excluding carboxylic acids is 1. The van der Waals surface area contributed by atoms with Crippen molar-refractivity contribution < 1.29 is 13.2 Å². The number of carbonyl (C=O) groups is 1. The van der Waals surface area contributed by atoms with Crippen LogP contribution < -0.4 is 4.72 Å². The molecule has 1 atom stereocenters. The normalized spacial score (nSPS) is 17.3. The van der Waals surface area contributed by atoms with E-state index in [2.05, 4.69) is 4.72 Å². The Morgan fingerprint density at radius 3 is 2.41 bits per heavy atom. The minimum atomic E-state index is -3.69. The van der Waals surface area contributed by atoms with E-state index in [0.29, 0.717) is 18.7 Å². The minimum absolute atomic E-state index is 0.145. The van der Waals surface area contributed by atoms with Gasteiger partial charge >= 0.3 is 0 Å². The number of sulfonamides is 1. The number of nitrogens with one attached hydrogen (secondary N) is 1. The Morgan fingerprint density at radius 2 is 1.82 bits per heavy atom. The highest BCUT2D eigenvalue weighted by atomic mass is 32.2. The molecule has 6 heteroatoms. The van der Waals surface area contributed by atoms with E-state index >= 15 is 0 Å². The third-order valence-electron chi connectivity index (χ3n) is 3.99. The second-order valence-corrected chi connectivity index (χ2v) is 7.68. The molecule has 1 aliphatic rings. The Labute approximate surface area is 132 Å². The van der Waals surface area contributed by atoms with Crippen LogP contribution in [0.15, 0.2) is 23.1 Å². The molecule has 0 unspecified atom stereocenters. The zero-order valence-corrected chi connectivity index (χ0v) is 14.2. The van der Waals surface area contributed by atoms with Crippen LogP contribution in [0.25, 0.3) is 0 Å². The molecule has 0 spiro atoms. The first-order chi connectivity index (χ1) is 10.3. The molecule has 1 fully saturated rings. The molecule has 1 aromatic rings. The zero-order chi connectivity index (χ0) is 16.3. The number of amides is 1. The summed E-state index contributed by atoms with van der Waals surface area (Å²) < 4.78 is 27.5. The Bertz CT molecular complexity index is 649. The molecule has 122 valence electrons. The lowest BCUT2D eigenvalue weighted by atomic mass is 10.1. The van der Waals surface area contributed by atoms with Gasteiger partial charge in [-0.25, -0.2) is 8.42 Å². The molecule has 1 heterocycles. The number of hydrogen-bond donors (Lipinski definition) is 1. The van der Waals surface area contributed by atoms with Crippen molar-refractivity contribution in [1.82, 2.24) is 9.62 Å². The van der Waals surface area contributed by atoms with Gasteiger partial charge in [-0.1, -0.05) is 17.7 Å². The third-order valence-corrected chi connectivity index (χ3v) is 5.69. The van der Waals surface area contributed by atoms with Crippen LogP contribution in [-0.2, 0) is 14.8 Å². The fraction of sp³-hybridized carbons (Fsp3) is 0.562. The smallest absolute Gasteiger partial charge is 0.241 e. The average molecular weight is 324 g/mol. The first-order valence-corrected chi connectivity index (χ1v) is 9.18. The maximum atomic E-state index is 12.5. The fourth-order valence-corrected chi connectivity index (χ4v) is 4.26. The van der Waals surface area contributed by atoms with Crippen LogP contribution in [0.3, 0.4) is 0 Å². The summed E-state index contributed by atoms with van der Waals surface area (Å²) in [6.45, 7) is 6.72. The van der Waals surface area contributed by atoms with Gasteiger partial charge < -0.3 is 4.90 Å². The molecule has 5 nitrogen and oxygen atoms in total. The van der Waals surface area contributed by atoms with Gasteiger partial charge in [-0.05, 0) is 51.7 Å². The van der Waals surface area contributed by atoms with Gasteiger partial charge in [-0.2, -0.15) is 4.72 Å². The van der Waals surface area contributed by atoms with Crippen LogP contribution in [0, 0.1) is 13.8 Å². The molecule has 1 aliphatic heterocycles. The number of rotatable bonds is 4. The molecule has 0 bridgehead atoms. The van der Waals surface area contributed by atoms with Crippen LogP contribution in [0.5, 0.6) is 0 Å². The van der Waals surface area contributed by atoms with Gasteiger partial charge in [0.15, 0.2) is 0 Å². The maximum absolute atomic E-state index is 12.5. The summed E-state index contributed by atoms with van der Waals surface area (Å²) in [5, 5.41) is 0. The second kappa shape index (κ2) is 6.79. The maximum Gasteiger partial charge on any atom is 0.241 e. The molecule has 0 saturated carbocycles. The van der Waals surface area contributed by atoms with Crippen molar-refractivity contribution in [2.75, 3.05) is 13.1 Å². The number of hydrogen-bond acceptors (Lipinski definition) is 3. The lowest BCUT2D eigenvalue weighted by molar-refractivity contribution is -0.133. The molecule has 1 N–H and O–H groups in total. The lowest BCUT2D eigenvalue weighted by Gasteiger charge is -2.29. The molecule has 0 aromatic heterocycles. The SMILES string of the molecule is Cc1ccc(S(=O)(=O)N[C@@H](C)C(=O)N2CCCCC2)c(C)c1. The molecule has 1 aromatic carbocycles. The average Bonchev–Trinajstić information content (AvgIpc) is 2.46. The Kier molecular flexibility index (Phi) is 5.24. The van der Waals surface area contributed by atoms with Crippen molar-refractivity contribution in [3.63, 3.8) is 0 Å². The number of nitrogens with zero attached hydrogens (tertiary/aromatic N) is 1. The minimum Gasteiger partial charge on any atom is -0.341 e. The van der Waals surface area contributed by atoms with Crippen LogP contribution in [-0.4, -0.2) is 38.4 Å². The highest BCUT2D eigenvalue weighted by Gasteiger charge is 2.27. The summed E-state index contributed by atoms with van der Waals surface area (Å²) in [6, 6.07) is 4.43. The van der Waals surface area contributed by atoms with Gasteiger partial charge in [0.05, 0.1) is 10.9 Å². The fourth-order valence-electron chi connectivity index (χ4n) is 2.84. The molecular formula is C16H24N2O3S. The molecular weight excluding hydrogens is 300 g/mol. The second-order valence-electron chi connectivity index (χ2n) is 6.00. The van der Waals surface area contributed by atoms with E-state index in [1.807, 2.05) is 13.0 Å². The summed E-state index contributed by atoms with van der Waals surface area (Å²) in [7, 11) is -3.69. The summed E-state index contributed by atoms with van der Waals surface area (Å²) in [6.07, 6.45) is 3.11. The van der Waals surface area contributed by atoms with Crippen molar-refractivity contribution in [3.8, 4) is 0 Å².